The zero-order valence-electron chi connectivity index (χ0n) is 11.6. The van der Waals surface area contributed by atoms with E-state index in [1.165, 1.54) is 6.07 Å². The molecule has 0 aliphatic heterocycles. The molecule has 0 atom stereocenters. The fourth-order valence-electron chi connectivity index (χ4n) is 1.58. The van der Waals surface area contributed by atoms with Crippen LogP contribution < -0.4 is 10.6 Å². The maximum absolute atomic E-state index is 13.0. The lowest BCUT2D eigenvalue weighted by atomic mass is 10.1. The normalized spacial score (nSPS) is 10.8. The summed E-state index contributed by atoms with van der Waals surface area (Å²) in [4.78, 5) is 4.40. The Balaban J connectivity index is 0.00000324. The summed E-state index contributed by atoms with van der Waals surface area (Å²) in [6, 6.07) is 6.70. The van der Waals surface area contributed by atoms with Crippen LogP contribution in [0.3, 0.4) is 0 Å². The molecule has 0 fully saturated rings. The van der Waals surface area contributed by atoms with Crippen LogP contribution in [0.5, 0.6) is 0 Å². The van der Waals surface area contributed by atoms with Crippen LogP contribution in [-0.4, -0.2) is 25.6 Å². The molecule has 3 nitrogen and oxygen atoms in total. The van der Waals surface area contributed by atoms with E-state index in [2.05, 4.69) is 22.5 Å². The van der Waals surface area contributed by atoms with E-state index in [1.54, 1.807) is 12.1 Å². The Bertz CT molecular complexity index is 383. The second-order valence-electron chi connectivity index (χ2n) is 4.07. The number of halogens is 2. The van der Waals surface area contributed by atoms with Gasteiger partial charge >= 0.3 is 0 Å². The second kappa shape index (κ2) is 11.0. The number of hydrogen-bond donors (Lipinski definition) is 2. The first kappa shape index (κ1) is 18.1. The first-order valence-corrected chi connectivity index (χ1v) is 6.53. The number of benzene rings is 1. The molecule has 1 aromatic carbocycles. The molecule has 0 unspecified atom stereocenters. The summed E-state index contributed by atoms with van der Waals surface area (Å²) in [5.74, 6) is 0.648. The van der Waals surface area contributed by atoms with Gasteiger partial charge in [-0.05, 0) is 37.5 Å². The summed E-state index contributed by atoms with van der Waals surface area (Å²) in [6.07, 6.45) is 1.81. The van der Waals surface area contributed by atoms with Crippen LogP contribution in [0.4, 0.5) is 4.39 Å². The van der Waals surface area contributed by atoms with Crippen molar-refractivity contribution in [1.82, 2.24) is 10.6 Å². The molecule has 0 aliphatic rings. The molecule has 0 aliphatic carbocycles. The molecule has 0 heterocycles. The standard InChI is InChI=1S/C14H22FN3.HI/c1-3-9-17-14(16-4-2)18-10-8-12-6-5-7-13(15)11-12;/h5-7,11H,3-4,8-10H2,1-2H3,(H2,16,17,18);1H. The van der Waals surface area contributed by atoms with Crippen molar-refractivity contribution in [3.05, 3.63) is 35.6 Å². The molecule has 1 aromatic rings. The molecule has 0 bridgehead atoms. The molecule has 0 saturated heterocycles. The van der Waals surface area contributed by atoms with Crippen molar-refractivity contribution in [3.8, 4) is 0 Å². The van der Waals surface area contributed by atoms with Gasteiger partial charge in [0.1, 0.15) is 5.82 Å². The number of nitrogens with zero attached hydrogens (tertiary/aromatic N) is 1. The highest BCUT2D eigenvalue weighted by Gasteiger charge is 1.98. The largest absolute Gasteiger partial charge is 0.357 e. The highest BCUT2D eigenvalue weighted by atomic mass is 127. The highest BCUT2D eigenvalue weighted by Crippen LogP contribution is 2.03. The monoisotopic (exact) mass is 379 g/mol. The van der Waals surface area contributed by atoms with E-state index in [0.717, 1.165) is 44.0 Å². The van der Waals surface area contributed by atoms with Crippen molar-refractivity contribution >= 4 is 29.9 Å². The average Bonchev–Trinajstić information content (AvgIpc) is 2.36. The van der Waals surface area contributed by atoms with Crippen LogP contribution in [0, 0.1) is 5.82 Å². The second-order valence-corrected chi connectivity index (χ2v) is 4.07. The van der Waals surface area contributed by atoms with E-state index in [1.807, 2.05) is 13.0 Å². The summed E-state index contributed by atoms with van der Waals surface area (Å²) < 4.78 is 13.0. The highest BCUT2D eigenvalue weighted by molar-refractivity contribution is 14.0. The van der Waals surface area contributed by atoms with Crippen LogP contribution in [0.15, 0.2) is 29.3 Å². The molecule has 19 heavy (non-hydrogen) atoms. The molecule has 0 spiro atoms. The summed E-state index contributed by atoms with van der Waals surface area (Å²) in [6.45, 7) is 6.54. The molecule has 0 aromatic heterocycles. The number of hydrogen-bond acceptors (Lipinski definition) is 1. The van der Waals surface area contributed by atoms with Gasteiger partial charge in [0, 0.05) is 19.6 Å². The lowest BCUT2D eigenvalue weighted by Gasteiger charge is -2.11. The van der Waals surface area contributed by atoms with Gasteiger partial charge in [0.2, 0.25) is 0 Å². The summed E-state index contributed by atoms with van der Waals surface area (Å²) in [5, 5.41) is 6.42. The van der Waals surface area contributed by atoms with Crippen LogP contribution >= 0.6 is 24.0 Å². The van der Waals surface area contributed by atoms with Gasteiger partial charge in [-0.15, -0.1) is 24.0 Å². The van der Waals surface area contributed by atoms with Crippen LogP contribution in [-0.2, 0) is 6.42 Å². The molecular formula is C14H23FIN3. The van der Waals surface area contributed by atoms with Gasteiger partial charge in [-0.3, -0.25) is 4.99 Å². The minimum atomic E-state index is -0.181. The van der Waals surface area contributed by atoms with E-state index < -0.39 is 0 Å². The van der Waals surface area contributed by atoms with Gasteiger partial charge in [0.15, 0.2) is 5.96 Å². The van der Waals surface area contributed by atoms with Crippen molar-refractivity contribution in [3.63, 3.8) is 0 Å². The third-order valence-electron chi connectivity index (χ3n) is 2.43. The Morgan fingerprint density at radius 2 is 2.05 bits per heavy atom. The SMILES string of the molecule is CCCN=C(NCC)NCCc1cccc(F)c1.I. The van der Waals surface area contributed by atoms with Crippen LogP contribution in [0.2, 0.25) is 0 Å². The van der Waals surface area contributed by atoms with Gasteiger partial charge in [0.05, 0.1) is 0 Å². The predicted octanol–water partition coefficient (Wildman–Crippen LogP) is 2.95. The summed E-state index contributed by atoms with van der Waals surface area (Å²) >= 11 is 0. The zero-order valence-corrected chi connectivity index (χ0v) is 13.9. The lowest BCUT2D eigenvalue weighted by molar-refractivity contribution is 0.625. The molecule has 2 N–H and O–H groups in total. The Kier molecular flexibility index (Phi) is 10.5. The minimum absolute atomic E-state index is 0. The van der Waals surface area contributed by atoms with E-state index in [-0.39, 0.29) is 29.8 Å². The smallest absolute Gasteiger partial charge is 0.191 e. The molecule has 0 saturated carbocycles. The van der Waals surface area contributed by atoms with Crippen molar-refractivity contribution in [2.45, 2.75) is 26.7 Å². The van der Waals surface area contributed by atoms with Gasteiger partial charge in [-0.25, -0.2) is 4.39 Å². The molecule has 0 radical (unpaired) electrons. The fraction of sp³-hybridized carbons (Fsp3) is 0.500. The number of aliphatic imine (C=N–C) groups is 1. The van der Waals surface area contributed by atoms with Crippen LogP contribution in [0.1, 0.15) is 25.8 Å². The van der Waals surface area contributed by atoms with Gasteiger partial charge in [0.25, 0.3) is 0 Å². The molecule has 5 heteroatoms. The first-order valence-electron chi connectivity index (χ1n) is 6.53. The third-order valence-corrected chi connectivity index (χ3v) is 2.43. The first-order chi connectivity index (χ1) is 8.76. The Hall–Kier alpha value is -0.850. The van der Waals surface area contributed by atoms with E-state index in [4.69, 9.17) is 0 Å². The molecule has 1 rings (SSSR count). The van der Waals surface area contributed by atoms with Crippen LogP contribution in [0.25, 0.3) is 0 Å². The lowest BCUT2D eigenvalue weighted by Crippen LogP contribution is -2.38. The topological polar surface area (TPSA) is 36.4 Å². The Labute approximate surface area is 132 Å². The summed E-state index contributed by atoms with van der Waals surface area (Å²) in [5.41, 5.74) is 0.994. The molecule has 0 amide bonds. The van der Waals surface area contributed by atoms with Gasteiger partial charge < -0.3 is 10.6 Å². The summed E-state index contributed by atoms with van der Waals surface area (Å²) in [7, 11) is 0. The van der Waals surface area contributed by atoms with Crippen molar-refractivity contribution < 1.29 is 4.39 Å². The van der Waals surface area contributed by atoms with Crippen molar-refractivity contribution in [2.75, 3.05) is 19.6 Å². The van der Waals surface area contributed by atoms with Crippen molar-refractivity contribution in [2.24, 2.45) is 4.99 Å². The Morgan fingerprint density at radius 1 is 1.26 bits per heavy atom. The fourth-order valence-corrected chi connectivity index (χ4v) is 1.58. The van der Waals surface area contributed by atoms with E-state index in [9.17, 15) is 4.39 Å². The van der Waals surface area contributed by atoms with Crippen molar-refractivity contribution in [1.29, 1.82) is 0 Å². The van der Waals surface area contributed by atoms with Gasteiger partial charge in [-0.2, -0.15) is 0 Å². The maximum atomic E-state index is 13.0. The van der Waals surface area contributed by atoms with Gasteiger partial charge in [-0.1, -0.05) is 19.1 Å². The number of rotatable bonds is 6. The number of nitrogens with one attached hydrogen (secondary N) is 2. The average molecular weight is 379 g/mol. The molecule has 108 valence electrons. The molecular weight excluding hydrogens is 356 g/mol. The predicted molar refractivity (Wildman–Crippen MR) is 89.8 cm³/mol. The quantitative estimate of drug-likeness (QED) is 0.453. The third kappa shape index (κ3) is 8.02. The zero-order chi connectivity index (χ0) is 13.2. The maximum Gasteiger partial charge on any atom is 0.191 e. The van der Waals surface area contributed by atoms with E-state index >= 15 is 0 Å². The van der Waals surface area contributed by atoms with E-state index in [0.29, 0.717) is 0 Å². The minimum Gasteiger partial charge on any atom is -0.357 e. The number of guanidine groups is 1. The Morgan fingerprint density at radius 3 is 2.68 bits per heavy atom.